The summed E-state index contributed by atoms with van der Waals surface area (Å²) in [6, 6.07) is 2.80. The molecule has 0 fully saturated rings. The Hall–Kier alpha value is -1.21. The number of nitrogens with two attached hydrogens (primary N) is 1. The van der Waals surface area contributed by atoms with E-state index in [0.29, 0.717) is 0 Å². The normalized spacial score (nSPS) is 13.7. The molecule has 3 N–H and O–H groups in total. The fraction of sp³-hybridized carbons (Fsp3) is 0.455. The zero-order valence-corrected chi connectivity index (χ0v) is 9.40. The Morgan fingerprint density at radius 3 is 2.44 bits per heavy atom. The van der Waals surface area contributed by atoms with E-state index in [4.69, 9.17) is 5.84 Å². The van der Waals surface area contributed by atoms with Crippen LogP contribution < -0.4 is 11.3 Å². The van der Waals surface area contributed by atoms with Gasteiger partial charge in [-0.05, 0) is 24.5 Å². The number of alkyl halides is 3. The van der Waals surface area contributed by atoms with E-state index in [9.17, 15) is 22.0 Å². The van der Waals surface area contributed by atoms with Crippen LogP contribution in [-0.4, -0.2) is 12.2 Å². The first-order valence-electron chi connectivity index (χ1n) is 5.29. The van der Waals surface area contributed by atoms with Gasteiger partial charge >= 0.3 is 6.18 Å². The van der Waals surface area contributed by atoms with Crippen LogP contribution in [0.2, 0.25) is 0 Å². The van der Waals surface area contributed by atoms with Gasteiger partial charge in [0.2, 0.25) is 0 Å². The largest absolute Gasteiger partial charge is 0.389 e. The highest BCUT2D eigenvalue weighted by molar-refractivity contribution is 5.19. The predicted octanol–water partition coefficient (Wildman–Crippen LogP) is 2.68. The highest BCUT2D eigenvalue weighted by atomic mass is 19.4. The van der Waals surface area contributed by atoms with Crippen LogP contribution in [0, 0.1) is 11.6 Å². The summed E-state index contributed by atoms with van der Waals surface area (Å²) in [5.41, 5.74) is 2.18. The average Bonchev–Trinajstić information content (AvgIpc) is 2.28. The molecule has 102 valence electrons. The molecule has 0 aliphatic rings. The van der Waals surface area contributed by atoms with Gasteiger partial charge in [-0.2, -0.15) is 13.2 Å². The molecule has 1 aromatic rings. The highest BCUT2D eigenvalue weighted by Crippen LogP contribution is 2.23. The van der Waals surface area contributed by atoms with Crippen LogP contribution in [-0.2, 0) is 6.42 Å². The summed E-state index contributed by atoms with van der Waals surface area (Å²) in [5.74, 6) is 3.02. The van der Waals surface area contributed by atoms with E-state index in [1.807, 2.05) is 0 Å². The van der Waals surface area contributed by atoms with Crippen molar-refractivity contribution in [3.63, 3.8) is 0 Å². The summed E-state index contributed by atoms with van der Waals surface area (Å²) < 4.78 is 62.3. The van der Waals surface area contributed by atoms with Crippen molar-refractivity contribution in [1.29, 1.82) is 0 Å². The van der Waals surface area contributed by atoms with Gasteiger partial charge < -0.3 is 0 Å². The van der Waals surface area contributed by atoms with Gasteiger partial charge in [-0.15, -0.1) is 0 Å². The number of nitrogens with one attached hydrogen (secondary N) is 1. The molecule has 0 saturated carbocycles. The quantitative estimate of drug-likeness (QED) is 0.489. The molecule has 0 spiro atoms. The molecule has 0 saturated heterocycles. The fourth-order valence-electron chi connectivity index (χ4n) is 1.55. The molecule has 0 aromatic heterocycles. The van der Waals surface area contributed by atoms with Crippen molar-refractivity contribution in [2.75, 3.05) is 0 Å². The standard InChI is InChI=1S/C11H13F5N2/c12-9-3-1-2-7(10(9)13)6-8(18-17)4-5-11(14,15)16/h1-3,8,18H,4-6,17H2. The first-order valence-corrected chi connectivity index (χ1v) is 5.29. The van der Waals surface area contributed by atoms with Crippen LogP contribution in [0.5, 0.6) is 0 Å². The Morgan fingerprint density at radius 2 is 1.89 bits per heavy atom. The van der Waals surface area contributed by atoms with E-state index >= 15 is 0 Å². The maximum atomic E-state index is 13.3. The van der Waals surface area contributed by atoms with Gasteiger partial charge in [0.15, 0.2) is 11.6 Å². The summed E-state index contributed by atoms with van der Waals surface area (Å²) >= 11 is 0. The third-order valence-electron chi connectivity index (χ3n) is 2.51. The van der Waals surface area contributed by atoms with Crippen molar-refractivity contribution in [2.45, 2.75) is 31.5 Å². The van der Waals surface area contributed by atoms with E-state index in [1.54, 1.807) is 0 Å². The van der Waals surface area contributed by atoms with Crippen molar-refractivity contribution in [1.82, 2.24) is 5.43 Å². The smallest absolute Gasteiger partial charge is 0.271 e. The van der Waals surface area contributed by atoms with Crippen molar-refractivity contribution in [2.24, 2.45) is 5.84 Å². The molecule has 7 heteroatoms. The zero-order chi connectivity index (χ0) is 13.8. The lowest BCUT2D eigenvalue weighted by Crippen LogP contribution is -2.37. The van der Waals surface area contributed by atoms with Crippen LogP contribution in [0.4, 0.5) is 22.0 Å². The SMILES string of the molecule is NNC(CCC(F)(F)F)Cc1cccc(F)c1F. The molecule has 0 radical (unpaired) electrons. The summed E-state index contributed by atoms with van der Waals surface area (Å²) in [7, 11) is 0. The second kappa shape index (κ2) is 6.10. The second-order valence-corrected chi connectivity index (χ2v) is 3.93. The van der Waals surface area contributed by atoms with Crippen molar-refractivity contribution in [3.8, 4) is 0 Å². The molecule has 0 bridgehead atoms. The van der Waals surface area contributed by atoms with Gasteiger partial charge in [-0.3, -0.25) is 11.3 Å². The van der Waals surface area contributed by atoms with E-state index in [2.05, 4.69) is 5.43 Å². The van der Waals surface area contributed by atoms with Crippen molar-refractivity contribution < 1.29 is 22.0 Å². The molecule has 0 amide bonds. The highest BCUT2D eigenvalue weighted by Gasteiger charge is 2.28. The van der Waals surface area contributed by atoms with Gasteiger partial charge in [0.25, 0.3) is 0 Å². The topological polar surface area (TPSA) is 38.0 Å². The minimum absolute atomic E-state index is 0.000115. The summed E-state index contributed by atoms with van der Waals surface area (Å²) in [6.07, 6.45) is -5.72. The van der Waals surface area contributed by atoms with Crippen LogP contribution >= 0.6 is 0 Å². The number of rotatable bonds is 5. The number of halogens is 5. The molecule has 2 nitrogen and oxygen atoms in total. The zero-order valence-electron chi connectivity index (χ0n) is 9.40. The molecular weight excluding hydrogens is 255 g/mol. The van der Waals surface area contributed by atoms with Gasteiger partial charge in [-0.25, -0.2) is 8.78 Å². The predicted molar refractivity (Wildman–Crippen MR) is 56.5 cm³/mol. The van der Waals surface area contributed by atoms with E-state index in [-0.39, 0.29) is 18.4 Å². The molecule has 0 heterocycles. The lowest BCUT2D eigenvalue weighted by Gasteiger charge is -2.17. The summed E-state index contributed by atoms with van der Waals surface area (Å²) in [6.45, 7) is 0. The molecule has 0 aliphatic heterocycles. The van der Waals surface area contributed by atoms with Gasteiger partial charge in [0.1, 0.15) is 0 Å². The summed E-state index contributed by atoms with van der Waals surface area (Å²) in [5, 5.41) is 0. The van der Waals surface area contributed by atoms with Crippen molar-refractivity contribution >= 4 is 0 Å². The van der Waals surface area contributed by atoms with Crippen LogP contribution in [0.3, 0.4) is 0 Å². The van der Waals surface area contributed by atoms with Crippen LogP contribution in [0.1, 0.15) is 18.4 Å². The number of hydrogen-bond acceptors (Lipinski definition) is 2. The van der Waals surface area contributed by atoms with Gasteiger partial charge in [0.05, 0.1) is 0 Å². The monoisotopic (exact) mass is 268 g/mol. The van der Waals surface area contributed by atoms with E-state index in [1.165, 1.54) is 12.1 Å². The molecule has 18 heavy (non-hydrogen) atoms. The maximum Gasteiger partial charge on any atom is 0.389 e. The number of hydrazine groups is 1. The Balaban J connectivity index is 2.65. The Bertz CT molecular complexity index is 392. The van der Waals surface area contributed by atoms with Crippen LogP contribution in [0.15, 0.2) is 18.2 Å². The first kappa shape index (κ1) is 14.8. The average molecular weight is 268 g/mol. The van der Waals surface area contributed by atoms with E-state index in [0.717, 1.165) is 6.07 Å². The number of benzene rings is 1. The Labute approximate surface area is 101 Å². The minimum atomic E-state index is -4.30. The third-order valence-corrected chi connectivity index (χ3v) is 2.51. The first-order chi connectivity index (χ1) is 8.33. The molecule has 1 atom stereocenters. The summed E-state index contributed by atoms with van der Waals surface area (Å²) in [4.78, 5) is 0. The minimum Gasteiger partial charge on any atom is -0.271 e. The number of hydrogen-bond donors (Lipinski definition) is 2. The molecular formula is C11H13F5N2. The Morgan fingerprint density at radius 1 is 1.22 bits per heavy atom. The lowest BCUT2D eigenvalue weighted by atomic mass is 10.0. The van der Waals surface area contributed by atoms with Crippen molar-refractivity contribution in [3.05, 3.63) is 35.4 Å². The maximum absolute atomic E-state index is 13.3. The van der Waals surface area contributed by atoms with Gasteiger partial charge in [0, 0.05) is 12.5 Å². The second-order valence-electron chi connectivity index (χ2n) is 3.93. The van der Waals surface area contributed by atoms with E-state index < -0.39 is 30.3 Å². The molecule has 1 aromatic carbocycles. The van der Waals surface area contributed by atoms with Gasteiger partial charge in [-0.1, -0.05) is 12.1 Å². The molecule has 1 rings (SSSR count). The van der Waals surface area contributed by atoms with Crippen LogP contribution in [0.25, 0.3) is 0 Å². The molecule has 1 unspecified atom stereocenters. The third kappa shape index (κ3) is 4.58. The fourth-order valence-corrected chi connectivity index (χ4v) is 1.55. The Kier molecular flexibility index (Phi) is 5.03. The molecule has 0 aliphatic carbocycles. The lowest BCUT2D eigenvalue weighted by molar-refractivity contribution is -0.136.